The number of nitrogens with one attached hydrogen (secondary N) is 1. The first kappa shape index (κ1) is 13.7. The zero-order valence-corrected chi connectivity index (χ0v) is 12.6. The van der Waals surface area contributed by atoms with Crippen LogP contribution in [0.4, 0.5) is 0 Å². The van der Waals surface area contributed by atoms with Gasteiger partial charge in [-0.3, -0.25) is 0 Å². The van der Waals surface area contributed by atoms with Crippen molar-refractivity contribution in [3.8, 4) is 11.1 Å². The Bertz CT molecular complexity index is 602. The highest BCUT2D eigenvalue weighted by Gasteiger charge is 2.20. The maximum absolute atomic E-state index is 6.42. The van der Waals surface area contributed by atoms with E-state index in [9.17, 15) is 0 Å². The Hall–Kier alpha value is -1.31. The number of hydrogen-bond donors (Lipinski definition) is 1. The third-order valence-electron chi connectivity index (χ3n) is 3.88. The molecule has 1 N–H and O–H groups in total. The summed E-state index contributed by atoms with van der Waals surface area (Å²) < 4.78 is 0. The van der Waals surface area contributed by atoms with Gasteiger partial charge in [-0.2, -0.15) is 0 Å². The van der Waals surface area contributed by atoms with Gasteiger partial charge in [0.2, 0.25) is 0 Å². The van der Waals surface area contributed by atoms with Crippen LogP contribution in [0.2, 0.25) is 5.02 Å². The maximum atomic E-state index is 6.42. The minimum Gasteiger partial charge on any atom is -0.310 e. The van der Waals surface area contributed by atoms with Gasteiger partial charge in [0.25, 0.3) is 0 Å². The predicted octanol–water partition coefficient (Wildman–Crippen LogP) is 4.82. The van der Waals surface area contributed by atoms with Gasteiger partial charge < -0.3 is 5.32 Å². The predicted molar refractivity (Wildman–Crippen MR) is 86.1 cm³/mol. The van der Waals surface area contributed by atoms with Crippen LogP contribution in [-0.4, -0.2) is 6.04 Å². The molecule has 0 aromatic heterocycles. The summed E-state index contributed by atoms with van der Waals surface area (Å²) in [6.45, 7) is 3.05. The lowest BCUT2D eigenvalue weighted by molar-refractivity contribution is 0.688. The summed E-state index contributed by atoms with van der Waals surface area (Å²) >= 11 is 6.42. The highest BCUT2D eigenvalue weighted by atomic mass is 35.5. The molecule has 1 saturated carbocycles. The van der Waals surface area contributed by atoms with E-state index in [1.54, 1.807) is 0 Å². The summed E-state index contributed by atoms with van der Waals surface area (Å²) in [7, 11) is 0. The molecule has 0 bridgehead atoms. The monoisotopic (exact) mass is 285 g/mol. The smallest absolute Gasteiger partial charge is 0.0457 e. The van der Waals surface area contributed by atoms with Crippen molar-refractivity contribution in [3.05, 3.63) is 58.6 Å². The molecule has 1 aliphatic rings. The molecule has 0 radical (unpaired) electrons. The van der Waals surface area contributed by atoms with E-state index in [4.69, 9.17) is 11.6 Å². The van der Waals surface area contributed by atoms with Gasteiger partial charge in [-0.25, -0.2) is 0 Å². The number of aryl methyl sites for hydroxylation is 1. The molecular weight excluding hydrogens is 266 g/mol. The summed E-state index contributed by atoms with van der Waals surface area (Å²) in [6, 6.07) is 15.8. The van der Waals surface area contributed by atoms with Crippen molar-refractivity contribution in [1.82, 2.24) is 5.32 Å². The van der Waals surface area contributed by atoms with Crippen LogP contribution in [0.5, 0.6) is 0 Å². The fourth-order valence-electron chi connectivity index (χ4n) is 2.38. The first-order chi connectivity index (χ1) is 9.76. The van der Waals surface area contributed by atoms with Crippen molar-refractivity contribution < 1.29 is 0 Å². The molecule has 0 atom stereocenters. The molecule has 1 fully saturated rings. The molecule has 104 valence electrons. The quantitative estimate of drug-likeness (QED) is 0.830. The summed E-state index contributed by atoms with van der Waals surface area (Å²) in [5, 5.41) is 4.37. The fraction of sp³-hybridized carbons (Fsp3) is 0.333. The van der Waals surface area contributed by atoms with E-state index in [0.717, 1.165) is 18.0 Å². The van der Waals surface area contributed by atoms with Gasteiger partial charge in [-0.1, -0.05) is 54.9 Å². The van der Waals surface area contributed by atoms with Crippen molar-refractivity contribution in [2.45, 2.75) is 38.8 Å². The first-order valence-corrected chi connectivity index (χ1v) is 7.75. The van der Waals surface area contributed by atoms with E-state index < -0.39 is 0 Å². The second-order valence-electron chi connectivity index (χ2n) is 5.52. The topological polar surface area (TPSA) is 12.0 Å². The minimum atomic E-state index is 0.715. The van der Waals surface area contributed by atoms with Crippen LogP contribution in [0.15, 0.2) is 42.5 Å². The van der Waals surface area contributed by atoms with Crippen molar-refractivity contribution in [2.24, 2.45) is 0 Å². The SMILES string of the molecule is CCc1cccc(-c2ccc(CNC3CC3)c(Cl)c2)c1. The molecule has 20 heavy (non-hydrogen) atoms. The molecule has 2 heteroatoms. The second-order valence-corrected chi connectivity index (χ2v) is 5.92. The number of rotatable bonds is 5. The molecule has 3 rings (SSSR count). The fourth-order valence-corrected chi connectivity index (χ4v) is 2.63. The van der Waals surface area contributed by atoms with E-state index in [1.807, 2.05) is 0 Å². The third kappa shape index (κ3) is 3.23. The summed E-state index contributed by atoms with van der Waals surface area (Å²) in [4.78, 5) is 0. The molecule has 1 nitrogen and oxygen atoms in total. The normalized spacial score (nSPS) is 14.5. The highest BCUT2D eigenvalue weighted by molar-refractivity contribution is 6.31. The molecule has 2 aromatic carbocycles. The van der Waals surface area contributed by atoms with E-state index >= 15 is 0 Å². The van der Waals surface area contributed by atoms with Crippen molar-refractivity contribution in [1.29, 1.82) is 0 Å². The highest BCUT2D eigenvalue weighted by Crippen LogP contribution is 2.27. The Kier molecular flexibility index (Phi) is 4.09. The van der Waals surface area contributed by atoms with Gasteiger partial charge >= 0.3 is 0 Å². The molecule has 0 heterocycles. The third-order valence-corrected chi connectivity index (χ3v) is 4.23. The number of halogens is 1. The summed E-state index contributed by atoms with van der Waals surface area (Å²) in [5.41, 5.74) is 4.99. The summed E-state index contributed by atoms with van der Waals surface area (Å²) in [5.74, 6) is 0. The Balaban J connectivity index is 1.80. The standard InChI is InChI=1S/C18H20ClN/c1-2-13-4-3-5-14(10-13)15-6-7-16(18(19)11-15)12-20-17-8-9-17/h3-7,10-11,17,20H,2,8-9,12H2,1H3. The maximum Gasteiger partial charge on any atom is 0.0457 e. The molecule has 0 spiro atoms. The van der Waals surface area contributed by atoms with Gasteiger partial charge in [0.15, 0.2) is 0 Å². The van der Waals surface area contributed by atoms with Crippen LogP contribution in [0.25, 0.3) is 11.1 Å². The number of hydrogen-bond acceptors (Lipinski definition) is 1. The van der Waals surface area contributed by atoms with Gasteiger partial charge in [-0.15, -0.1) is 0 Å². The molecule has 0 saturated heterocycles. The largest absolute Gasteiger partial charge is 0.310 e. The Morgan fingerprint density at radius 2 is 1.90 bits per heavy atom. The average Bonchev–Trinajstić information content (AvgIpc) is 3.30. The van der Waals surface area contributed by atoms with Crippen molar-refractivity contribution in [2.75, 3.05) is 0 Å². The lowest BCUT2D eigenvalue weighted by Gasteiger charge is -2.09. The van der Waals surface area contributed by atoms with E-state index in [-0.39, 0.29) is 0 Å². The van der Waals surface area contributed by atoms with Gasteiger partial charge in [0, 0.05) is 17.6 Å². The average molecular weight is 286 g/mol. The molecular formula is C18H20ClN. The number of benzene rings is 2. The Morgan fingerprint density at radius 1 is 1.10 bits per heavy atom. The van der Waals surface area contributed by atoms with Crippen molar-refractivity contribution >= 4 is 11.6 Å². The lowest BCUT2D eigenvalue weighted by Crippen LogP contribution is -2.15. The zero-order chi connectivity index (χ0) is 13.9. The zero-order valence-electron chi connectivity index (χ0n) is 11.8. The molecule has 2 aromatic rings. The molecule has 0 amide bonds. The van der Waals surface area contributed by atoms with Gasteiger partial charge in [0.1, 0.15) is 0 Å². The summed E-state index contributed by atoms with van der Waals surface area (Å²) in [6.07, 6.45) is 3.67. The van der Waals surface area contributed by atoms with Crippen LogP contribution in [0.3, 0.4) is 0 Å². The van der Waals surface area contributed by atoms with E-state index in [1.165, 1.54) is 35.1 Å². The van der Waals surface area contributed by atoms with Crippen LogP contribution >= 0.6 is 11.6 Å². The Labute approximate surface area is 126 Å². The Morgan fingerprint density at radius 3 is 2.60 bits per heavy atom. The van der Waals surface area contributed by atoms with Gasteiger partial charge in [0.05, 0.1) is 0 Å². The molecule has 0 aliphatic heterocycles. The van der Waals surface area contributed by atoms with Crippen LogP contribution in [0, 0.1) is 0 Å². The first-order valence-electron chi connectivity index (χ1n) is 7.37. The van der Waals surface area contributed by atoms with Crippen LogP contribution < -0.4 is 5.32 Å². The minimum absolute atomic E-state index is 0.715. The van der Waals surface area contributed by atoms with Crippen molar-refractivity contribution in [3.63, 3.8) is 0 Å². The molecule has 1 aliphatic carbocycles. The lowest BCUT2D eigenvalue weighted by atomic mass is 10.0. The van der Waals surface area contributed by atoms with E-state index in [2.05, 4.69) is 54.7 Å². The van der Waals surface area contributed by atoms with E-state index in [0.29, 0.717) is 6.04 Å². The van der Waals surface area contributed by atoms with Crippen LogP contribution in [-0.2, 0) is 13.0 Å². The second kappa shape index (κ2) is 5.99. The van der Waals surface area contributed by atoms with Crippen LogP contribution in [0.1, 0.15) is 30.9 Å². The van der Waals surface area contributed by atoms with Gasteiger partial charge in [-0.05, 0) is 47.6 Å². The molecule has 0 unspecified atom stereocenters.